The standard InChI is InChI=1S/C28H35F3N4O5S/c1-17(2)15-35(19-6-4-3-5-7-19)25-13-22(31)26(40-16-27(36)34-41(38,39)20-9-10-20)14-24(25)33-28(37)32-23-11-8-18(29)12-21(23)30/h8,11-14,17,19-20H,3-7,9-10,15-16H2,1-2H3,(H,34,36)(H2,32,33,37). The van der Waals surface area contributed by atoms with Crippen molar-refractivity contribution in [3.05, 3.63) is 47.8 Å². The number of carbonyl (C=O) groups excluding carboxylic acids is 2. The molecule has 0 bridgehead atoms. The van der Waals surface area contributed by atoms with Crippen molar-refractivity contribution in [1.82, 2.24) is 4.72 Å². The molecular weight excluding hydrogens is 561 g/mol. The van der Waals surface area contributed by atoms with Crippen LogP contribution >= 0.6 is 0 Å². The fourth-order valence-electron chi connectivity index (χ4n) is 4.88. The first-order chi connectivity index (χ1) is 19.4. The number of benzene rings is 2. The van der Waals surface area contributed by atoms with Gasteiger partial charge in [0, 0.05) is 30.8 Å². The Labute approximate surface area is 237 Å². The molecule has 0 spiro atoms. The number of urea groups is 1. The molecule has 0 saturated heterocycles. The van der Waals surface area contributed by atoms with E-state index < -0.39 is 51.3 Å². The molecule has 9 nitrogen and oxygen atoms in total. The topological polar surface area (TPSA) is 117 Å². The third kappa shape index (κ3) is 8.27. The summed E-state index contributed by atoms with van der Waals surface area (Å²) < 4.78 is 74.2. The van der Waals surface area contributed by atoms with Gasteiger partial charge in [-0.05, 0) is 43.7 Å². The number of nitrogens with zero attached hydrogens (tertiary/aromatic N) is 1. The second kappa shape index (κ2) is 13.0. The van der Waals surface area contributed by atoms with Crippen molar-refractivity contribution in [2.45, 2.75) is 70.1 Å². The number of amides is 3. The van der Waals surface area contributed by atoms with Crippen molar-refractivity contribution in [2.24, 2.45) is 5.92 Å². The highest BCUT2D eigenvalue weighted by molar-refractivity contribution is 7.90. The third-order valence-electron chi connectivity index (χ3n) is 6.94. The van der Waals surface area contributed by atoms with E-state index in [1.54, 1.807) is 0 Å². The molecular formula is C28H35F3N4O5S. The number of nitrogens with one attached hydrogen (secondary N) is 3. The summed E-state index contributed by atoms with van der Waals surface area (Å²) in [6.07, 6.45) is 5.81. The molecule has 2 aromatic carbocycles. The molecule has 41 heavy (non-hydrogen) atoms. The lowest BCUT2D eigenvalue weighted by atomic mass is 9.93. The molecule has 2 saturated carbocycles. The van der Waals surface area contributed by atoms with Crippen molar-refractivity contribution in [3.63, 3.8) is 0 Å². The second-order valence-electron chi connectivity index (χ2n) is 10.9. The highest BCUT2D eigenvalue weighted by Gasteiger charge is 2.37. The van der Waals surface area contributed by atoms with E-state index in [4.69, 9.17) is 4.74 Å². The number of hydrogen-bond donors (Lipinski definition) is 3. The minimum atomic E-state index is -3.80. The first-order valence-corrected chi connectivity index (χ1v) is 15.3. The summed E-state index contributed by atoms with van der Waals surface area (Å²) in [4.78, 5) is 27.2. The van der Waals surface area contributed by atoms with Gasteiger partial charge in [-0.15, -0.1) is 0 Å². The second-order valence-corrected chi connectivity index (χ2v) is 12.9. The van der Waals surface area contributed by atoms with Crippen LogP contribution < -0.4 is 25.0 Å². The van der Waals surface area contributed by atoms with Gasteiger partial charge in [0.15, 0.2) is 18.2 Å². The maximum absolute atomic E-state index is 15.4. The fraction of sp³-hybridized carbons (Fsp3) is 0.500. The molecule has 224 valence electrons. The van der Waals surface area contributed by atoms with Crippen LogP contribution in [0.25, 0.3) is 0 Å². The molecule has 0 radical (unpaired) electrons. The van der Waals surface area contributed by atoms with Gasteiger partial charge in [-0.3, -0.25) is 4.79 Å². The van der Waals surface area contributed by atoms with Crippen LogP contribution in [0.2, 0.25) is 0 Å². The SMILES string of the molecule is CC(C)CN(c1cc(F)c(OCC(=O)NS(=O)(=O)C2CC2)cc1NC(=O)Nc1ccc(F)cc1F)C1CCCCC1. The average molecular weight is 597 g/mol. The number of rotatable bonds is 11. The fourth-order valence-corrected chi connectivity index (χ4v) is 6.18. The summed E-state index contributed by atoms with van der Waals surface area (Å²) in [7, 11) is -3.80. The van der Waals surface area contributed by atoms with E-state index in [1.807, 2.05) is 23.5 Å². The van der Waals surface area contributed by atoms with E-state index in [0.29, 0.717) is 31.1 Å². The van der Waals surface area contributed by atoms with E-state index in [2.05, 4.69) is 10.6 Å². The Kier molecular flexibility index (Phi) is 9.67. The zero-order valence-corrected chi connectivity index (χ0v) is 23.8. The van der Waals surface area contributed by atoms with Crippen LogP contribution in [0.15, 0.2) is 30.3 Å². The van der Waals surface area contributed by atoms with Gasteiger partial charge in [0.25, 0.3) is 5.91 Å². The van der Waals surface area contributed by atoms with Crippen LogP contribution in [0, 0.1) is 23.4 Å². The molecule has 2 aliphatic carbocycles. The van der Waals surface area contributed by atoms with Crippen LogP contribution in [0.1, 0.15) is 58.8 Å². The number of anilines is 3. The maximum atomic E-state index is 15.4. The molecule has 4 rings (SSSR count). The van der Waals surface area contributed by atoms with Crippen LogP contribution in [-0.4, -0.2) is 44.8 Å². The largest absolute Gasteiger partial charge is 0.481 e. The van der Waals surface area contributed by atoms with E-state index in [9.17, 15) is 26.8 Å². The predicted octanol–water partition coefficient (Wildman–Crippen LogP) is 5.53. The average Bonchev–Trinajstić information content (AvgIpc) is 3.76. The van der Waals surface area contributed by atoms with E-state index in [-0.39, 0.29) is 29.1 Å². The molecule has 13 heteroatoms. The Hall–Kier alpha value is -3.48. The van der Waals surface area contributed by atoms with Crippen molar-refractivity contribution in [3.8, 4) is 5.75 Å². The van der Waals surface area contributed by atoms with Crippen LogP contribution in [0.4, 0.5) is 35.0 Å². The van der Waals surface area contributed by atoms with Gasteiger partial charge in [0.2, 0.25) is 10.0 Å². The first-order valence-electron chi connectivity index (χ1n) is 13.7. The number of hydrogen-bond acceptors (Lipinski definition) is 6. The third-order valence-corrected chi connectivity index (χ3v) is 8.80. The van der Waals surface area contributed by atoms with Gasteiger partial charge in [0.1, 0.15) is 11.6 Å². The highest BCUT2D eigenvalue weighted by atomic mass is 32.2. The Morgan fingerprint density at radius 2 is 1.63 bits per heavy atom. The number of carbonyl (C=O) groups is 2. The molecule has 0 heterocycles. The van der Waals surface area contributed by atoms with Gasteiger partial charge in [-0.25, -0.2) is 31.1 Å². The minimum absolute atomic E-state index is 0.0916. The maximum Gasteiger partial charge on any atom is 0.323 e. The molecule has 0 atom stereocenters. The molecule has 3 amide bonds. The summed E-state index contributed by atoms with van der Waals surface area (Å²) in [6.45, 7) is 3.84. The normalized spacial score (nSPS) is 15.9. The summed E-state index contributed by atoms with van der Waals surface area (Å²) in [5.74, 6) is -3.73. The number of sulfonamides is 1. The quantitative estimate of drug-likeness (QED) is 0.314. The van der Waals surface area contributed by atoms with Crippen LogP contribution in [0.3, 0.4) is 0 Å². The van der Waals surface area contributed by atoms with E-state index in [1.165, 1.54) is 12.1 Å². The van der Waals surface area contributed by atoms with Crippen molar-refractivity contribution in [2.75, 3.05) is 28.7 Å². The summed E-state index contributed by atoms with van der Waals surface area (Å²) in [5.41, 5.74) is 0.258. The van der Waals surface area contributed by atoms with Crippen molar-refractivity contribution < 1.29 is 35.9 Å². The molecule has 2 aromatic rings. The monoisotopic (exact) mass is 596 g/mol. The Bertz CT molecular complexity index is 1380. The lowest BCUT2D eigenvalue weighted by Gasteiger charge is -2.38. The summed E-state index contributed by atoms with van der Waals surface area (Å²) >= 11 is 0. The van der Waals surface area contributed by atoms with Gasteiger partial charge in [-0.1, -0.05) is 33.1 Å². The molecule has 0 aliphatic heterocycles. The van der Waals surface area contributed by atoms with Gasteiger partial charge < -0.3 is 20.3 Å². The number of ether oxygens (including phenoxy) is 1. The number of halogens is 3. The Morgan fingerprint density at radius 3 is 2.27 bits per heavy atom. The summed E-state index contributed by atoms with van der Waals surface area (Å²) in [6, 6.07) is 4.35. The Balaban J connectivity index is 1.61. The lowest BCUT2D eigenvalue weighted by molar-refractivity contribution is -0.121. The van der Waals surface area contributed by atoms with Crippen molar-refractivity contribution >= 4 is 39.0 Å². The van der Waals surface area contributed by atoms with Crippen LogP contribution in [0.5, 0.6) is 5.75 Å². The molecule has 3 N–H and O–H groups in total. The van der Waals surface area contributed by atoms with Crippen LogP contribution in [-0.2, 0) is 14.8 Å². The van der Waals surface area contributed by atoms with E-state index >= 15 is 4.39 Å². The summed E-state index contributed by atoms with van der Waals surface area (Å²) in [5, 5.41) is 4.32. The van der Waals surface area contributed by atoms with Crippen molar-refractivity contribution in [1.29, 1.82) is 0 Å². The molecule has 0 unspecified atom stereocenters. The zero-order chi connectivity index (χ0) is 29.7. The molecule has 2 aliphatic rings. The minimum Gasteiger partial charge on any atom is -0.481 e. The zero-order valence-electron chi connectivity index (χ0n) is 23.0. The Morgan fingerprint density at radius 1 is 0.951 bits per heavy atom. The highest BCUT2D eigenvalue weighted by Crippen LogP contribution is 2.37. The van der Waals surface area contributed by atoms with E-state index in [0.717, 1.165) is 44.2 Å². The smallest absolute Gasteiger partial charge is 0.323 e. The predicted molar refractivity (Wildman–Crippen MR) is 150 cm³/mol. The van der Waals surface area contributed by atoms with Gasteiger partial charge in [0.05, 0.1) is 22.3 Å². The lowest BCUT2D eigenvalue weighted by Crippen LogP contribution is -2.40. The first kappa shape index (κ1) is 30.5. The van der Waals surface area contributed by atoms with Gasteiger partial charge >= 0.3 is 6.03 Å². The van der Waals surface area contributed by atoms with Gasteiger partial charge in [-0.2, -0.15) is 0 Å². The molecule has 0 aromatic heterocycles. The molecule has 2 fully saturated rings.